The van der Waals surface area contributed by atoms with E-state index >= 15 is 0 Å². The lowest BCUT2D eigenvalue weighted by Gasteiger charge is -2.22. The SMILES string of the molecule is CC[C@@H](NC(=O)c1c(F)c(F)c(C(=O)N[C@H](CC)C(C)C)c(F)c1F)C(C)C. The Bertz CT molecular complexity index is 645. The molecule has 0 heterocycles. The second kappa shape index (κ2) is 9.89. The Labute approximate surface area is 163 Å². The van der Waals surface area contributed by atoms with Crippen LogP contribution in [-0.2, 0) is 0 Å². The number of benzene rings is 1. The zero-order valence-corrected chi connectivity index (χ0v) is 17.1. The first kappa shape index (κ1) is 23.9. The van der Waals surface area contributed by atoms with Crippen molar-refractivity contribution in [3.05, 3.63) is 34.4 Å². The Morgan fingerprint density at radius 2 is 0.929 bits per heavy atom. The van der Waals surface area contributed by atoms with Gasteiger partial charge in [0.1, 0.15) is 11.1 Å². The molecule has 0 aliphatic rings. The van der Waals surface area contributed by atoms with Gasteiger partial charge in [0.25, 0.3) is 11.8 Å². The van der Waals surface area contributed by atoms with E-state index in [9.17, 15) is 27.2 Å². The van der Waals surface area contributed by atoms with Crippen molar-refractivity contribution in [2.45, 2.75) is 66.5 Å². The molecule has 2 amide bonds. The molecule has 0 spiro atoms. The van der Waals surface area contributed by atoms with Gasteiger partial charge in [-0.2, -0.15) is 0 Å². The number of carbonyl (C=O) groups is 2. The first-order valence-electron chi connectivity index (χ1n) is 9.45. The molecular weight excluding hydrogens is 376 g/mol. The molecule has 0 aromatic heterocycles. The van der Waals surface area contributed by atoms with Crippen LogP contribution in [0, 0.1) is 35.1 Å². The molecule has 2 N–H and O–H groups in total. The molecule has 4 nitrogen and oxygen atoms in total. The topological polar surface area (TPSA) is 58.2 Å². The minimum Gasteiger partial charge on any atom is -0.349 e. The average molecular weight is 404 g/mol. The minimum absolute atomic E-state index is 0.0539. The average Bonchev–Trinajstić information content (AvgIpc) is 2.62. The molecule has 0 saturated heterocycles. The van der Waals surface area contributed by atoms with Crippen LogP contribution in [0.2, 0.25) is 0 Å². The van der Waals surface area contributed by atoms with Crippen molar-refractivity contribution in [3.63, 3.8) is 0 Å². The van der Waals surface area contributed by atoms with E-state index in [-0.39, 0.29) is 11.8 Å². The van der Waals surface area contributed by atoms with Gasteiger partial charge >= 0.3 is 0 Å². The zero-order chi connectivity index (χ0) is 21.8. The standard InChI is InChI=1S/C20H28F4N2O2/c1-7-11(9(3)4)25-19(27)13-15(21)17(23)14(18(24)16(13)22)20(28)26-12(8-2)10(5)6/h9-12H,7-8H2,1-6H3,(H,25,27)(H,26,28)/t11-,12-/m1/s1. The van der Waals surface area contributed by atoms with Gasteiger partial charge in [-0.1, -0.05) is 41.5 Å². The molecule has 1 rings (SSSR count). The van der Waals surface area contributed by atoms with Crippen molar-refractivity contribution in [2.75, 3.05) is 0 Å². The summed E-state index contributed by atoms with van der Waals surface area (Å²) in [5.41, 5.74) is -2.75. The monoisotopic (exact) mass is 404 g/mol. The van der Waals surface area contributed by atoms with Crippen molar-refractivity contribution < 1.29 is 27.2 Å². The van der Waals surface area contributed by atoms with Crippen molar-refractivity contribution in [1.82, 2.24) is 10.6 Å². The van der Waals surface area contributed by atoms with Crippen LogP contribution in [0.4, 0.5) is 17.6 Å². The maximum absolute atomic E-state index is 14.4. The predicted molar refractivity (Wildman–Crippen MR) is 99.0 cm³/mol. The Balaban J connectivity index is 3.35. The second-order valence-corrected chi connectivity index (χ2v) is 7.47. The molecular formula is C20H28F4N2O2. The van der Waals surface area contributed by atoms with Crippen LogP contribution in [0.3, 0.4) is 0 Å². The third-order valence-electron chi connectivity index (χ3n) is 4.84. The molecule has 8 heteroatoms. The fourth-order valence-corrected chi connectivity index (χ4v) is 2.99. The van der Waals surface area contributed by atoms with E-state index in [0.29, 0.717) is 12.8 Å². The maximum atomic E-state index is 14.4. The van der Waals surface area contributed by atoms with Gasteiger partial charge in [-0.25, -0.2) is 17.6 Å². The van der Waals surface area contributed by atoms with E-state index in [2.05, 4.69) is 10.6 Å². The normalized spacial score (nSPS) is 13.6. The van der Waals surface area contributed by atoms with Crippen LogP contribution in [0.25, 0.3) is 0 Å². The molecule has 28 heavy (non-hydrogen) atoms. The van der Waals surface area contributed by atoms with Crippen LogP contribution in [-0.4, -0.2) is 23.9 Å². The lowest BCUT2D eigenvalue weighted by atomic mass is 9.99. The molecule has 1 aromatic carbocycles. The Morgan fingerprint density at radius 1 is 0.679 bits per heavy atom. The largest absolute Gasteiger partial charge is 0.349 e. The highest BCUT2D eigenvalue weighted by Crippen LogP contribution is 2.25. The molecule has 0 fully saturated rings. The third-order valence-corrected chi connectivity index (χ3v) is 4.84. The summed E-state index contributed by atoms with van der Waals surface area (Å²) in [4.78, 5) is 24.5. The van der Waals surface area contributed by atoms with Gasteiger partial charge in [-0.15, -0.1) is 0 Å². The summed E-state index contributed by atoms with van der Waals surface area (Å²) in [6, 6.07) is -0.867. The summed E-state index contributed by atoms with van der Waals surface area (Å²) in [7, 11) is 0. The quantitative estimate of drug-likeness (QED) is 0.493. The highest BCUT2D eigenvalue weighted by molar-refractivity contribution is 5.99. The summed E-state index contributed by atoms with van der Waals surface area (Å²) >= 11 is 0. The van der Waals surface area contributed by atoms with E-state index in [0.717, 1.165) is 0 Å². The van der Waals surface area contributed by atoms with Crippen molar-refractivity contribution >= 4 is 11.8 Å². The van der Waals surface area contributed by atoms with Gasteiger partial charge in [0.05, 0.1) is 0 Å². The molecule has 1 aromatic rings. The highest BCUT2D eigenvalue weighted by atomic mass is 19.2. The number of nitrogens with one attached hydrogen (secondary N) is 2. The summed E-state index contributed by atoms with van der Waals surface area (Å²) in [6.07, 6.45) is 0.928. The fourth-order valence-electron chi connectivity index (χ4n) is 2.99. The maximum Gasteiger partial charge on any atom is 0.257 e. The van der Waals surface area contributed by atoms with E-state index in [1.807, 2.05) is 0 Å². The van der Waals surface area contributed by atoms with E-state index in [4.69, 9.17) is 0 Å². The number of carbonyl (C=O) groups excluding carboxylic acids is 2. The van der Waals surface area contributed by atoms with Gasteiger partial charge in [0.15, 0.2) is 23.3 Å². The molecule has 0 saturated carbocycles. The Hall–Kier alpha value is -2.12. The number of hydrogen-bond acceptors (Lipinski definition) is 2. The molecule has 0 unspecified atom stereocenters. The van der Waals surface area contributed by atoms with E-state index in [1.165, 1.54) is 0 Å². The van der Waals surface area contributed by atoms with Crippen LogP contribution in [0.1, 0.15) is 75.1 Å². The number of halogens is 4. The van der Waals surface area contributed by atoms with Crippen molar-refractivity contribution in [2.24, 2.45) is 11.8 Å². The van der Waals surface area contributed by atoms with Crippen LogP contribution < -0.4 is 10.6 Å². The first-order chi connectivity index (χ1) is 13.0. The van der Waals surface area contributed by atoms with Crippen molar-refractivity contribution in [3.8, 4) is 0 Å². The van der Waals surface area contributed by atoms with Crippen LogP contribution >= 0.6 is 0 Å². The van der Waals surface area contributed by atoms with Gasteiger partial charge in [0.2, 0.25) is 0 Å². The second-order valence-electron chi connectivity index (χ2n) is 7.47. The molecule has 0 bridgehead atoms. The van der Waals surface area contributed by atoms with Gasteiger partial charge in [0, 0.05) is 12.1 Å². The number of hydrogen-bond donors (Lipinski definition) is 2. The lowest BCUT2D eigenvalue weighted by molar-refractivity contribution is 0.0893. The minimum atomic E-state index is -1.89. The Morgan fingerprint density at radius 3 is 1.11 bits per heavy atom. The highest BCUT2D eigenvalue weighted by Gasteiger charge is 2.33. The third kappa shape index (κ3) is 5.02. The van der Waals surface area contributed by atoms with E-state index < -0.39 is 58.3 Å². The van der Waals surface area contributed by atoms with Crippen LogP contribution in [0.5, 0.6) is 0 Å². The molecule has 2 atom stereocenters. The smallest absolute Gasteiger partial charge is 0.257 e. The van der Waals surface area contributed by atoms with E-state index in [1.54, 1.807) is 41.5 Å². The summed E-state index contributed by atoms with van der Waals surface area (Å²) < 4.78 is 57.7. The summed E-state index contributed by atoms with van der Waals surface area (Å²) in [5, 5.41) is 4.74. The molecule has 158 valence electrons. The fraction of sp³-hybridized carbons (Fsp3) is 0.600. The summed E-state index contributed by atoms with van der Waals surface area (Å²) in [5.74, 6) is -10.2. The van der Waals surface area contributed by atoms with Gasteiger partial charge in [-0.05, 0) is 24.7 Å². The number of amides is 2. The Kier molecular flexibility index (Phi) is 8.45. The molecule has 0 aliphatic heterocycles. The lowest BCUT2D eigenvalue weighted by Crippen LogP contribution is -2.40. The summed E-state index contributed by atoms with van der Waals surface area (Å²) in [6.45, 7) is 10.7. The zero-order valence-electron chi connectivity index (χ0n) is 17.1. The number of rotatable bonds is 8. The van der Waals surface area contributed by atoms with Gasteiger partial charge in [-0.3, -0.25) is 9.59 Å². The van der Waals surface area contributed by atoms with Crippen molar-refractivity contribution in [1.29, 1.82) is 0 Å². The van der Waals surface area contributed by atoms with Crippen LogP contribution in [0.15, 0.2) is 0 Å². The molecule has 0 aliphatic carbocycles. The van der Waals surface area contributed by atoms with Gasteiger partial charge < -0.3 is 10.6 Å². The first-order valence-corrected chi connectivity index (χ1v) is 9.45. The molecule has 0 radical (unpaired) electrons. The predicted octanol–water partition coefficient (Wildman–Crippen LogP) is 4.57.